The van der Waals surface area contributed by atoms with E-state index in [-0.39, 0.29) is 24.1 Å². The number of ether oxygens (including phenoxy) is 2. The van der Waals surface area contributed by atoms with Gasteiger partial charge >= 0.3 is 5.97 Å². The summed E-state index contributed by atoms with van der Waals surface area (Å²) in [5.74, 6) is 3.41. The second kappa shape index (κ2) is 10.9. The molecule has 0 unspecified atom stereocenters. The number of carbonyl (C=O) groups excluding carboxylic acids is 1. The van der Waals surface area contributed by atoms with Gasteiger partial charge in [-0.25, -0.2) is 4.79 Å². The second-order valence-corrected chi connectivity index (χ2v) is 13.8. The van der Waals surface area contributed by atoms with Crippen LogP contribution in [0, 0.1) is 17.8 Å². The van der Waals surface area contributed by atoms with Crippen LogP contribution in [0.4, 0.5) is 0 Å². The maximum absolute atomic E-state index is 13.5. The zero-order valence-electron chi connectivity index (χ0n) is 21.8. The maximum Gasteiger partial charge on any atom is 0.340 e. The van der Waals surface area contributed by atoms with E-state index in [0.29, 0.717) is 41.1 Å². The highest BCUT2D eigenvalue weighted by Gasteiger charge is 2.51. The van der Waals surface area contributed by atoms with Gasteiger partial charge in [-0.2, -0.15) is 0 Å². The maximum atomic E-state index is 13.5. The standard InChI is InChI=1S/C28H37BrN2O4S.ClH/c1-3-35-27(33)25-23(16-36-28-12-17-8-18(13-28)10-19(9-17)14-28)30(2)22-11-21(29)26(32)20(24(22)25)15-31-4-6-34-7-5-31;/h11,17-19,32H,3-10,12-16H2,1-2H3;1H. The molecule has 5 fully saturated rings. The van der Waals surface area contributed by atoms with Crippen molar-refractivity contribution >= 4 is 57.0 Å². The molecule has 2 aromatic rings. The molecular formula is C28H38BrClN2O4S. The van der Waals surface area contributed by atoms with Crippen molar-refractivity contribution in [2.45, 2.75) is 62.5 Å². The van der Waals surface area contributed by atoms with Gasteiger partial charge in [-0.3, -0.25) is 4.90 Å². The lowest BCUT2D eigenvalue weighted by atomic mass is 9.56. The highest BCUT2D eigenvalue weighted by Crippen LogP contribution is 2.61. The average molecular weight is 614 g/mol. The number of carbonyl (C=O) groups is 1. The first-order valence-electron chi connectivity index (χ1n) is 13.5. The van der Waals surface area contributed by atoms with Crippen LogP contribution in [0.3, 0.4) is 0 Å². The molecule has 0 atom stereocenters. The SMILES string of the molecule is CCOC(=O)c1c(CSC23CC4CC(CC(C4)C2)C3)n(C)c2cc(Br)c(O)c(CN3CCOCC3)c12.Cl. The van der Waals surface area contributed by atoms with Gasteiger partial charge in [0.1, 0.15) is 5.75 Å². The number of phenolic OH excluding ortho intramolecular Hbond substituents is 1. The zero-order valence-corrected chi connectivity index (χ0v) is 25.0. The van der Waals surface area contributed by atoms with Crippen molar-refractivity contribution in [3.8, 4) is 5.75 Å². The molecule has 204 valence electrons. The fourth-order valence-electron chi connectivity index (χ4n) is 7.84. The number of thioether (sulfide) groups is 1. The minimum absolute atomic E-state index is 0. The number of rotatable bonds is 7. The molecule has 2 heterocycles. The molecule has 4 bridgehead atoms. The highest BCUT2D eigenvalue weighted by molar-refractivity contribution is 9.10. The van der Waals surface area contributed by atoms with E-state index in [1.807, 2.05) is 13.0 Å². The van der Waals surface area contributed by atoms with Gasteiger partial charge in [0.05, 0.1) is 35.4 Å². The second-order valence-electron chi connectivity index (χ2n) is 11.5. The number of esters is 1. The van der Waals surface area contributed by atoms with Crippen molar-refractivity contribution < 1.29 is 19.4 Å². The number of fused-ring (bicyclic) bond motifs is 1. The van der Waals surface area contributed by atoms with E-state index in [4.69, 9.17) is 9.47 Å². The van der Waals surface area contributed by atoms with Crippen LogP contribution in [-0.4, -0.2) is 58.2 Å². The number of hydrogen-bond donors (Lipinski definition) is 1. The fraction of sp³-hybridized carbons (Fsp3) is 0.679. The van der Waals surface area contributed by atoms with Crippen molar-refractivity contribution in [3.63, 3.8) is 0 Å². The molecule has 1 aromatic carbocycles. The van der Waals surface area contributed by atoms with Crippen LogP contribution in [0.5, 0.6) is 5.75 Å². The van der Waals surface area contributed by atoms with E-state index in [2.05, 4.69) is 44.2 Å². The third kappa shape index (κ3) is 5.06. The van der Waals surface area contributed by atoms with Crippen LogP contribution in [0.15, 0.2) is 10.5 Å². The molecule has 4 aliphatic carbocycles. The summed E-state index contributed by atoms with van der Waals surface area (Å²) in [5, 5.41) is 12.0. The Kier molecular flexibility index (Phi) is 8.15. The molecular weight excluding hydrogens is 576 g/mol. The van der Waals surface area contributed by atoms with Gasteiger partial charge < -0.3 is 19.1 Å². The van der Waals surface area contributed by atoms with Crippen molar-refractivity contribution in [1.29, 1.82) is 0 Å². The molecule has 1 saturated heterocycles. The first-order valence-corrected chi connectivity index (χ1v) is 15.3. The topological polar surface area (TPSA) is 63.9 Å². The van der Waals surface area contributed by atoms with Crippen molar-refractivity contribution in [2.75, 3.05) is 32.9 Å². The van der Waals surface area contributed by atoms with E-state index in [1.165, 1.54) is 38.5 Å². The smallest absolute Gasteiger partial charge is 0.340 e. The summed E-state index contributed by atoms with van der Waals surface area (Å²) < 4.78 is 14.3. The normalized spacial score (nSPS) is 29.0. The van der Waals surface area contributed by atoms with Crippen LogP contribution >= 0.6 is 40.1 Å². The highest BCUT2D eigenvalue weighted by atomic mass is 79.9. The number of aromatic nitrogens is 1. The number of halogens is 2. The summed E-state index contributed by atoms with van der Waals surface area (Å²) >= 11 is 5.67. The Morgan fingerprint density at radius 1 is 1.19 bits per heavy atom. The zero-order chi connectivity index (χ0) is 25.0. The number of morpholine rings is 1. The Bertz CT molecular complexity index is 1140. The third-order valence-electron chi connectivity index (χ3n) is 9.10. The van der Waals surface area contributed by atoms with Gasteiger partial charge in [-0.1, -0.05) is 0 Å². The molecule has 9 heteroatoms. The summed E-state index contributed by atoms with van der Waals surface area (Å²) in [6.45, 7) is 5.75. The minimum atomic E-state index is -0.283. The number of aryl methyl sites for hydroxylation is 1. The number of phenols is 1. The van der Waals surface area contributed by atoms with Crippen molar-refractivity contribution in [3.05, 3.63) is 27.4 Å². The quantitative estimate of drug-likeness (QED) is 0.371. The molecule has 5 aliphatic rings. The first-order chi connectivity index (χ1) is 17.4. The molecule has 1 aliphatic heterocycles. The fourth-order valence-corrected chi connectivity index (χ4v) is 10.1. The van der Waals surface area contributed by atoms with Gasteiger partial charge in [0, 0.05) is 53.8 Å². The van der Waals surface area contributed by atoms with Gasteiger partial charge in [-0.15, -0.1) is 24.2 Å². The summed E-state index contributed by atoms with van der Waals surface area (Å²) in [5.41, 5.74) is 3.42. The molecule has 37 heavy (non-hydrogen) atoms. The number of aromatic hydroxyl groups is 1. The largest absolute Gasteiger partial charge is 0.506 e. The van der Waals surface area contributed by atoms with Crippen LogP contribution in [0.2, 0.25) is 0 Å². The van der Waals surface area contributed by atoms with Gasteiger partial charge in [-0.05, 0) is 85.2 Å². The number of hydrogen-bond acceptors (Lipinski definition) is 6. The summed E-state index contributed by atoms with van der Waals surface area (Å²) in [7, 11) is 2.06. The first kappa shape index (κ1) is 27.6. The van der Waals surface area contributed by atoms with Crippen molar-refractivity contribution in [1.82, 2.24) is 9.47 Å². The number of nitrogens with zero attached hydrogens (tertiary/aromatic N) is 2. The number of benzene rings is 1. The summed E-state index contributed by atoms with van der Waals surface area (Å²) in [6.07, 6.45) is 8.28. The monoisotopic (exact) mass is 612 g/mol. The van der Waals surface area contributed by atoms with E-state index in [9.17, 15) is 9.90 Å². The summed E-state index contributed by atoms with van der Waals surface area (Å²) in [4.78, 5) is 15.8. The lowest BCUT2D eigenvalue weighted by Crippen LogP contribution is -2.48. The van der Waals surface area contributed by atoms with E-state index in [0.717, 1.165) is 58.8 Å². The summed E-state index contributed by atoms with van der Waals surface area (Å²) in [6, 6.07) is 1.95. The third-order valence-corrected chi connectivity index (χ3v) is 11.2. The van der Waals surface area contributed by atoms with Gasteiger partial charge in [0.15, 0.2) is 0 Å². The average Bonchev–Trinajstić information content (AvgIpc) is 3.12. The molecule has 1 N–H and O–H groups in total. The molecule has 0 radical (unpaired) electrons. The van der Waals surface area contributed by atoms with Crippen LogP contribution in [0.25, 0.3) is 10.9 Å². The minimum Gasteiger partial charge on any atom is -0.506 e. The Labute approximate surface area is 238 Å². The van der Waals surface area contributed by atoms with Crippen LogP contribution < -0.4 is 0 Å². The Morgan fingerprint density at radius 3 is 2.41 bits per heavy atom. The van der Waals surface area contributed by atoms with Gasteiger partial charge in [0.25, 0.3) is 0 Å². The molecule has 6 nitrogen and oxygen atoms in total. The van der Waals surface area contributed by atoms with Crippen molar-refractivity contribution in [2.24, 2.45) is 24.8 Å². The Morgan fingerprint density at radius 2 is 1.81 bits per heavy atom. The molecule has 0 spiro atoms. The lowest BCUT2D eigenvalue weighted by molar-refractivity contribution is 0.0340. The predicted molar refractivity (Wildman–Crippen MR) is 154 cm³/mol. The predicted octanol–water partition coefficient (Wildman–Crippen LogP) is 6.28. The van der Waals surface area contributed by atoms with E-state index >= 15 is 0 Å². The molecule has 1 aromatic heterocycles. The Hall–Kier alpha value is -0.930. The Balaban J connectivity index is 0.00000280. The van der Waals surface area contributed by atoms with E-state index in [1.54, 1.807) is 0 Å². The van der Waals surface area contributed by atoms with E-state index < -0.39 is 0 Å². The molecule has 4 saturated carbocycles. The van der Waals surface area contributed by atoms with Crippen LogP contribution in [-0.2, 0) is 28.8 Å². The lowest BCUT2D eigenvalue weighted by Gasteiger charge is -2.56. The molecule has 0 amide bonds. The van der Waals surface area contributed by atoms with Crippen LogP contribution in [0.1, 0.15) is 67.1 Å². The van der Waals surface area contributed by atoms with Gasteiger partial charge in [0.2, 0.25) is 0 Å². The molecule has 7 rings (SSSR count).